The smallest absolute Gasteiger partial charge is 0.312 e. The fraction of sp³-hybridized carbons (Fsp3) is 0.333. The van der Waals surface area contributed by atoms with Crippen LogP contribution in [0.4, 0.5) is 5.69 Å². The molecule has 1 saturated heterocycles. The molecule has 0 saturated carbocycles. The van der Waals surface area contributed by atoms with Gasteiger partial charge in [0.15, 0.2) is 5.69 Å². The highest BCUT2D eigenvalue weighted by Crippen LogP contribution is 2.37. The highest BCUT2D eigenvalue weighted by atomic mass is 16.5. The summed E-state index contributed by atoms with van der Waals surface area (Å²) in [6.07, 6.45) is 4.93. The molecule has 7 nitrogen and oxygen atoms in total. The van der Waals surface area contributed by atoms with Crippen molar-refractivity contribution in [1.82, 2.24) is 14.5 Å². The van der Waals surface area contributed by atoms with E-state index in [1.165, 1.54) is 7.11 Å². The molecule has 4 rings (SSSR count). The fourth-order valence-electron chi connectivity index (χ4n) is 4.68. The van der Waals surface area contributed by atoms with Crippen molar-refractivity contribution in [3.63, 3.8) is 0 Å². The van der Waals surface area contributed by atoms with Crippen molar-refractivity contribution >= 4 is 17.6 Å². The van der Waals surface area contributed by atoms with Gasteiger partial charge in [-0.2, -0.15) is 0 Å². The number of hydrogen-bond donors (Lipinski definition) is 0. The molecule has 2 aromatic carbocycles. The Morgan fingerprint density at radius 3 is 2.50 bits per heavy atom. The number of methoxy groups -OCH3 is 1. The summed E-state index contributed by atoms with van der Waals surface area (Å²) >= 11 is 0. The molecular weight excluding hydrogens is 428 g/mol. The number of carbonyl (C=O) groups excluding carboxylic acids is 2. The predicted molar refractivity (Wildman–Crippen MR) is 129 cm³/mol. The second-order valence-electron chi connectivity index (χ2n) is 8.91. The maximum Gasteiger partial charge on any atom is 0.312 e. The molecule has 1 aliphatic rings. The highest BCUT2D eigenvalue weighted by Gasteiger charge is 2.43. The Morgan fingerprint density at radius 1 is 1.12 bits per heavy atom. The average Bonchev–Trinajstić information content (AvgIpc) is 3.32. The van der Waals surface area contributed by atoms with Crippen LogP contribution >= 0.6 is 0 Å². The first-order valence-corrected chi connectivity index (χ1v) is 11.3. The van der Waals surface area contributed by atoms with E-state index in [0.29, 0.717) is 50.3 Å². The van der Waals surface area contributed by atoms with Crippen LogP contribution in [0.25, 0.3) is 4.85 Å². The van der Waals surface area contributed by atoms with E-state index in [1.807, 2.05) is 41.8 Å². The molecular formula is C27H28N4O3. The predicted octanol–water partition coefficient (Wildman–Crippen LogP) is 4.43. The number of hydrogen-bond acceptors (Lipinski definition) is 4. The summed E-state index contributed by atoms with van der Waals surface area (Å²) < 4.78 is 7.01. The second kappa shape index (κ2) is 9.92. The lowest BCUT2D eigenvalue weighted by molar-refractivity contribution is -0.155. The number of piperidine rings is 1. The summed E-state index contributed by atoms with van der Waals surface area (Å²) in [4.78, 5) is 35.6. The molecule has 0 N–H and O–H groups in total. The topological polar surface area (TPSA) is 68.8 Å². The number of ether oxygens (including phenoxy) is 1. The van der Waals surface area contributed by atoms with Gasteiger partial charge >= 0.3 is 5.97 Å². The van der Waals surface area contributed by atoms with E-state index in [9.17, 15) is 9.59 Å². The van der Waals surface area contributed by atoms with Crippen molar-refractivity contribution in [3.05, 3.63) is 94.9 Å². The van der Waals surface area contributed by atoms with Crippen LogP contribution in [-0.4, -0.2) is 46.5 Å². The van der Waals surface area contributed by atoms with Crippen LogP contribution in [0.5, 0.6) is 0 Å². The normalized spacial score (nSPS) is 14.9. The van der Waals surface area contributed by atoms with Gasteiger partial charge in [-0.1, -0.05) is 54.1 Å². The van der Waals surface area contributed by atoms with E-state index in [4.69, 9.17) is 11.3 Å². The lowest BCUT2D eigenvalue weighted by atomic mass is 9.73. The van der Waals surface area contributed by atoms with Crippen LogP contribution in [0.15, 0.2) is 61.1 Å². The Balaban J connectivity index is 1.47. The van der Waals surface area contributed by atoms with Crippen molar-refractivity contribution in [3.8, 4) is 0 Å². The number of likely N-dealkylation sites (tertiary alicyclic amines) is 1. The molecule has 3 aromatic rings. The van der Waals surface area contributed by atoms with Gasteiger partial charge in [0, 0.05) is 19.6 Å². The van der Waals surface area contributed by atoms with Gasteiger partial charge < -0.3 is 14.2 Å². The highest BCUT2D eigenvalue weighted by molar-refractivity contribution is 5.92. The summed E-state index contributed by atoms with van der Waals surface area (Å²) in [6.45, 7) is 10.6. The van der Waals surface area contributed by atoms with Gasteiger partial charge in [-0.25, -0.2) is 9.83 Å². The van der Waals surface area contributed by atoms with Crippen LogP contribution in [0.3, 0.4) is 0 Å². The molecule has 7 heteroatoms. The Bertz CT molecular complexity index is 1220. The van der Waals surface area contributed by atoms with E-state index in [0.717, 1.165) is 16.7 Å². The van der Waals surface area contributed by atoms with E-state index in [-0.39, 0.29) is 11.9 Å². The third kappa shape index (κ3) is 4.86. The molecule has 1 amide bonds. The van der Waals surface area contributed by atoms with Crippen LogP contribution in [0, 0.1) is 18.9 Å². The Morgan fingerprint density at radius 2 is 1.85 bits per heavy atom. The van der Waals surface area contributed by atoms with E-state index < -0.39 is 5.41 Å². The van der Waals surface area contributed by atoms with Crippen LogP contribution in [-0.2, 0) is 22.5 Å². The van der Waals surface area contributed by atoms with E-state index in [1.54, 1.807) is 29.6 Å². The molecule has 34 heavy (non-hydrogen) atoms. The minimum absolute atomic E-state index is 0.0932. The number of esters is 1. The molecule has 174 valence electrons. The third-order valence-electron chi connectivity index (χ3n) is 6.60. The van der Waals surface area contributed by atoms with Crippen molar-refractivity contribution in [2.45, 2.75) is 32.7 Å². The molecule has 0 unspecified atom stereocenters. The zero-order chi connectivity index (χ0) is 24.1. The van der Waals surface area contributed by atoms with Crippen LogP contribution < -0.4 is 0 Å². The minimum Gasteiger partial charge on any atom is -0.469 e. The monoisotopic (exact) mass is 456 g/mol. The average molecular weight is 457 g/mol. The molecule has 2 heterocycles. The molecule has 1 fully saturated rings. The summed E-state index contributed by atoms with van der Waals surface area (Å²) in [5, 5.41) is 0. The number of imidazole rings is 1. The Kier molecular flexibility index (Phi) is 6.78. The number of amides is 1. The largest absolute Gasteiger partial charge is 0.469 e. The van der Waals surface area contributed by atoms with Gasteiger partial charge in [-0.05, 0) is 37.3 Å². The summed E-state index contributed by atoms with van der Waals surface area (Å²) in [5.74, 6) is -0.307. The molecule has 0 aliphatic carbocycles. The zero-order valence-electron chi connectivity index (χ0n) is 19.5. The van der Waals surface area contributed by atoms with Gasteiger partial charge in [0.2, 0.25) is 0 Å². The van der Waals surface area contributed by atoms with Gasteiger partial charge in [0.1, 0.15) is 5.69 Å². The van der Waals surface area contributed by atoms with Crippen LogP contribution in [0.1, 0.15) is 40.0 Å². The maximum atomic E-state index is 13.3. The quantitative estimate of drug-likeness (QED) is 0.407. The van der Waals surface area contributed by atoms with Crippen molar-refractivity contribution < 1.29 is 14.3 Å². The first-order valence-electron chi connectivity index (χ1n) is 11.3. The number of rotatable bonds is 6. The molecule has 0 spiro atoms. The van der Waals surface area contributed by atoms with Gasteiger partial charge in [0.05, 0.1) is 31.6 Å². The molecule has 1 aromatic heterocycles. The van der Waals surface area contributed by atoms with Crippen molar-refractivity contribution in [1.29, 1.82) is 0 Å². The van der Waals surface area contributed by atoms with Crippen molar-refractivity contribution in [2.24, 2.45) is 5.41 Å². The van der Waals surface area contributed by atoms with E-state index >= 15 is 0 Å². The first-order chi connectivity index (χ1) is 16.4. The number of aromatic nitrogens is 2. The maximum absolute atomic E-state index is 13.3. The second-order valence-corrected chi connectivity index (χ2v) is 8.91. The number of carbonyl (C=O) groups is 2. The molecule has 0 radical (unpaired) electrons. The number of aryl methyl sites for hydroxylation is 1. The summed E-state index contributed by atoms with van der Waals surface area (Å²) in [6, 6.07) is 15.5. The third-order valence-corrected chi connectivity index (χ3v) is 6.60. The van der Waals surface area contributed by atoms with Gasteiger partial charge in [-0.15, -0.1) is 0 Å². The summed E-state index contributed by atoms with van der Waals surface area (Å²) in [7, 11) is 1.43. The van der Waals surface area contributed by atoms with Crippen LogP contribution in [0.2, 0.25) is 0 Å². The molecule has 1 aliphatic heterocycles. The fourth-order valence-corrected chi connectivity index (χ4v) is 4.68. The Hall–Kier alpha value is -3.92. The van der Waals surface area contributed by atoms with Gasteiger partial charge in [0.25, 0.3) is 5.91 Å². The van der Waals surface area contributed by atoms with Crippen molar-refractivity contribution in [2.75, 3.05) is 20.2 Å². The lowest BCUT2D eigenvalue weighted by Crippen LogP contribution is -2.48. The first kappa shape index (κ1) is 23.2. The van der Waals surface area contributed by atoms with Gasteiger partial charge in [-0.3, -0.25) is 9.59 Å². The summed E-state index contributed by atoms with van der Waals surface area (Å²) in [5.41, 5.74) is 3.71. The number of benzene rings is 2. The standard InChI is InChI=1S/C27H28N4O3/c1-20-5-4-6-22(15-20)16-27(26(33)34-3)11-13-30(14-12-27)25(32)24-17-29-19-31(24)18-21-7-9-23(28-2)10-8-21/h4-10,15,17,19H,11-14,16,18H2,1,3H3. The SMILES string of the molecule is [C-]#[N+]c1ccc(Cn2cncc2C(=O)N2CCC(Cc3cccc(C)c3)(C(=O)OC)CC2)cc1. The number of nitrogens with zero attached hydrogens (tertiary/aromatic N) is 4. The minimum atomic E-state index is -0.635. The zero-order valence-corrected chi connectivity index (χ0v) is 19.5. The molecule has 0 atom stereocenters. The van der Waals surface area contributed by atoms with E-state index in [2.05, 4.69) is 15.9 Å². The lowest BCUT2D eigenvalue weighted by Gasteiger charge is -2.40. The molecule has 0 bridgehead atoms. The Labute approximate surface area is 199 Å².